The van der Waals surface area contributed by atoms with Gasteiger partial charge in [0.1, 0.15) is 11.8 Å². The van der Waals surface area contributed by atoms with E-state index in [0.29, 0.717) is 5.95 Å². The molecule has 1 aliphatic heterocycles. The Hall–Kier alpha value is -2.81. The van der Waals surface area contributed by atoms with E-state index >= 15 is 0 Å². The number of anilines is 1. The fourth-order valence-corrected chi connectivity index (χ4v) is 3.00. The van der Waals surface area contributed by atoms with Crippen LogP contribution >= 0.6 is 15.9 Å². The molecule has 2 aromatic carbocycles. The predicted octanol–water partition coefficient (Wildman–Crippen LogP) is 4.09. The van der Waals surface area contributed by atoms with E-state index in [-0.39, 0.29) is 11.8 Å². The standard InChI is InChI=1S/C17H12BrF2N5O/c18-12-5-1-11(2-6-12)15-9-14(21-17-22-23-24-25(15)17)10-3-7-13(8-4-10)26-16(19)20/h1-9,15-16H,(H,21,22,24)/t15-/m1/s1. The maximum Gasteiger partial charge on any atom is 0.387 e. The van der Waals surface area contributed by atoms with Crippen molar-refractivity contribution >= 4 is 27.6 Å². The van der Waals surface area contributed by atoms with Crippen LogP contribution in [0.4, 0.5) is 14.7 Å². The molecule has 0 spiro atoms. The highest BCUT2D eigenvalue weighted by molar-refractivity contribution is 9.10. The van der Waals surface area contributed by atoms with Gasteiger partial charge in [-0.1, -0.05) is 33.2 Å². The molecule has 3 aromatic rings. The van der Waals surface area contributed by atoms with E-state index in [4.69, 9.17) is 0 Å². The van der Waals surface area contributed by atoms with Crippen molar-refractivity contribution in [2.45, 2.75) is 12.7 Å². The quantitative estimate of drug-likeness (QED) is 0.689. The van der Waals surface area contributed by atoms with E-state index in [1.54, 1.807) is 16.8 Å². The molecule has 0 amide bonds. The number of allylic oxidation sites excluding steroid dienone is 1. The first kappa shape index (κ1) is 16.6. The highest BCUT2D eigenvalue weighted by atomic mass is 79.9. The zero-order valence-electron chi connectivity index (χ0n) is 13.2. The van der Waals surface area contributed by atoms with Crippen LogP contribution in [0.1, 0.15) is 17.2 Å². The molecule has 2 heterocycles. The minimum Gasteiger partial charge on any atom is -0.435 e. The van der Waals surface area contributed by atoms with Gasteiger partial charge in [-0.15, -0.1) is 0 Å². The van der Waals surface area contributed by atoms with Gasteiger partial charge in [-0.05, 0) is 64.0 Å². The molecule has 4 rings (SSSR count). The number of tetrazole rings is 1. The van der Waals surface area contributed by atoms with Crippen LogP contribution in [0, 0.1) is 0 Å². The summed E-state index contributed by atoms with van der Waals surface area (Å²) in [6.45, 7) is -2.85. The lowest BCUT2D eigenvalue weighted by atomic mass is 10.0. The first-order valence-corrected chi connectivity index (χ1v) is 8.47. The highest BCUT2D eigenvalue weighted by Gasteiger charge is 2.24. The molecule has 0 saturated carbocycles. The zero-order valence-corrected chi connectivity index (χ0v) is 14.8. The summed E-state index contributed by atoms with van der Waals surface area (Å²) < 4.78 is 31.6. The number of fused-ring (bicyclic) bond motifs is 1. The number of hydrogen-bond donors (Lipinski definition) is 1. The maximum absolute atomic E-state index is 12.3. The second-order valence-electron chi connectivity index (χ2n) is 5.55. The Kier molecular flexibility index (Phi) is 4.37. The number of aromatic nitrogens is 4. The fraction of sp³-hybridized carbons (Fsp3) is 0.118. The van der Waals surface area contributed by atoms with Gasteiger partial charge < -0.3 is 10.1 Å². The van der Waals surface area contributed by atoms with Gasteiger partial charge in [-0.25, -0.2) is 0 Å². The number of ether oxygens (including phenoxy) is 1. The summed E-state index contributed by atoms with van der Waals surface area (Å²) in [5.74, 6) is 0.609. The molecule has 9 heteroatoms. The van der Waals surface area contributed by atoms with Crippen LogP contribution in [0.25, 0.3) is 5.70 Å². The van der Waals surface area contributed by atoms with Crippen LogP contribution in [0.2, 0.25) is 0 Å². The summed E-state index contributed by atoms with van der Waals surface area (Å²) in [6, 6.07) is 14.1. The van der Waals surface area contributed by atoms with Crippen molar-refractivity contribution < 1.29 is 13.5 Å². The summed E-state index contributed by atoms with van der Waals surface area (Å²) in [5, 5.41) is 14.9. The van der Waals surface area contributed by atoms with E-state index < -0.39 is 6.61 Å². The smallest absolute Gasteiger partial charge is 0.387 e. The topological polar surface area (TPSA) is 64.9 Å². The minimum atomic E-state index is -2.85. The SMILES string of the molecule is FC(F)Oc1ccc(C2=C[C@H](c3ccc(Br)cc3)n3nnnc3N2)cc1. The van der Waals surface area contributed by atoms with Crippen molar-refractivity contribution in [3.63, 3.8) is 0 Å². The molecular weight excluding hydrogens is 408 g/mol. The number of nitrogens with one attached hydrogen (secondary N) is 1. The van der Waals surface area contributed by atoms with E-state index in [9.17, 15) is 8.78 Å². The summed E-state index contributed by atoms with van der Waals surface area (Å²) >= 11 is 3.43. The summed E-state index contributed by atoms with van der Waals surface area (Å²) in [4.78, 5) is 0. The second kappa shape index (κ2) is 6.83. The van der Waals surface area contributed by atoms with E-state index in [2.05, 4.69) is 41.5 Å². The van der Waals surface area contributed by atoms with Gasteiger partial charge in [0.15, 0.2) is 0 Å². The molecule has 0 aliphatic carbocycles. The van der Waals surface area contributed by atoms with Crippen LogP contribution in [-0.2, 0) is 0 Å². The first-order valence-electron chi connectivity index (χ1n) is 7.67. The van der Waals surface area contributed by atoms with Crippen LogP contribution in [0.3, 0.4) is 0 Å². The van der Waals surface area contributed by atoms with Crippen molar-refractivity contribution in [3.8, 4) is 5.75 Å². The number of hydrogen-bond acceptors (Lipinski definition) is 5. The monoisotopic (exact) mass is 419 g/mol. The molecule has 1 aliphatic rings. The zero-order chi connectivity index (χ0) is 18.1. The number of nitrogens with zero attached hydrogens (tertiary/aromatic N) is 4. The van der Waals surface area contributed by atoms with Crippen molar-refractivity contribution in [2.75, 3.05) is 5.32 Å². The Morgan fingerprint density at radius 2 is 1.81 bits per heavy atom. The van der Waals surface area contributed by atoms with Gasteiger partial charge in [-0.3, -0.25) is 0 Å². The third-order valence-electron chi connectivity index (χ3n) is 3.93. The van der Waals surface area contributed by atoms with E-state index in [1.165, 1.54) is 12.1 Å². The molecule has 0 radical (unpaired) electrons. The maximum atomic E-state index is 12.3. The van der Waals surface area contributed by atoms with Crippen LogP contribution in [-0.4, -0.2) is 26.8 Å². The number of alkyl halides is 2. The lowest BCUT2D eigenvalue weighted by molar-refractivity contribution is -0.0498. The van der Waals surface area contributed by atoms with Crippen LogP contribution in [0.15, 0.2) is 59.1 Å². The second-order valence-corrected chi connectivity index (χ2v) is 6.47. The van der Waals surface area contributed by atoms with E-state index in [1.807, 2.05) is 30.3 Å². The largest absolute Gasteiger partial charge is 0.435 e. The number of halogens is 3. The molecule has 1 atom stereocenters. The molecule has 6 nitrogen and oxygen atoms in total. The average molecular weight is 420 g/mol. The number of benzene rings is 2. The third kappa shape index (κ3) is 3.30. The third-order valence-corrected chi connectivity index (χ3v) is 4.46. The van der Waals surface area contributed by atoms with Gasteiger partial charge in [0.25, 0.3) is 0 Å². The Balaban J connectivity index is 1.69. The van der Waals surface area contributed by atoms with Crippen molar-refractivity contribution in [1.82, 2.24) is 20.2 Å². The molecule has 1 N–H and O–H groups in total. The molecule has 0 saturated heterocycles. The molecular formula is C17H12BrF2N5O. The van der Waals surface area contributed by atoms with Gasteiger partial charge in [0, 0.05) is 10.2 Å². The van der Waals surface area contributed by atoms with Gasteiger partial charge in [0.2, 0.25) is 5.95 Å². The molecule has 1 aromatic heterocycles. The lowest BCUT2D eigenvalue weighted by Gasteiger charge is -2.23. The Morgan fingerprint density at radius 3 is 2.50 bits per heavy atom. The Morgan fingerprint density at radius 1 is 1.08 bits per heavy atom. The lowest BCUT2D eigenvalue weighted by Crippen LogP contribution is -2.20. The average Bonchev–Trinajstić information content (AvgIpc) is 3.10. The van der Waals surface area contributed by atoms with Crippen molar-refractivity contribution in [1.29, 1.82) is 0 Å². The summed E-state index contributed by atoms with van der Waals surface area (Å²) in [5.41, 5.74) is 2.60. The van der Waals surface area contributed by atoms with Crippen molar-refractivity contribution in [2.24, 2.45) is 0 Å². The number of rotatable bonds is 4. The summed E-state index contributed by atoms with van der Waals surface area (Å²) in [7, 11) is 0. The highest BCUT2D eigenvalue weighted by Crippen LogP contribution is 2.32. The first-order chi connectivity index (χ1) is 12.6. The molecule has 0 bridgehead atoms. The minimum absolute atomic E-state index is 0.106. The van der Waals surface area contributed by atoms with Crippen LogP contribution < -0.4 is 10.1 Å². The van der Waals surface area contributed by atoms with E-state index in [0.717, 1.165) is 21.3 Å². The van der Waals surface area contributed by atoms with Gasteiger partial charge in [-0.2, -0.15) is 13.5 Å². The van der Waals surface area contributed by atoms with Gasteiger partial charge in [0.05, 0.1) is 0 Å². The Bertz CT molecular complexity index is 941. The normalized spacial score (nSPS) is 16.0. The van der Waals surface area contributed by atoms with Crippen LogP contribution in [0.5, 0.6) is 5.75 Å². The predicted molar refractivity (Wildman–Crippen MR) is 94.8 cm³/mol. The fourth-order valence-electron chi connectivity index (χ4n) is 2.74. The molecule has 132 valence electrons. The molecule has 0 unspecified atom stereocenters. The molecule has 0 fully saturated rings. The molecule has 26 heavy (non-hydrogen) atoms. The van der Waals surface area contributed by atoms with Gasteiger partial charge >= 0.3 is 6.61 Å². The van der Waals surface area contributed by atoms with Crippen molar-refractivity contribution in [3.05, 3.63) is 70.2 Å². The Labute approximate surface area is 155 Å². The summed E-state index contributed by atoms with van der Waals surface area (Å²) in [6.07, 6.45) is 1.98.